The lowest BCUT2D eigenvalue weighted by molar-refractivity contribution is -0.147. The van der Waals surface area contributed by atoms with Crippen molar-refractivity contribution in [3.63, 3.8) is 0 Å². The Morgan fingerprint density at radius 3 is 2.20 bits per heavy atom. The van der Waals surface area contributed by atoms with Crippen LogP contribution in [0.1, 0.15) is 30.5 Å². The highest BCUT2D eigenvalue weighted by molar-refractivity contribution is 5.95. The van der Waals surface area contributed by atoms with Crippen LogP contribution in [-0.2, 0) is 36.8 Å². The van der Waals surface area contributed by atoms with Crippen molar-refractivity contribution in [2.45, 2.75) is 56.3 Å². The fourth-order valence-corrected chi connectivity index (χ4v) is 4.40. The third-order valence-electron chi connectivity index (χ3n) is 6.64. The van der Waals surface area contributed by atoms with Gasteiger partial charge in [-0.3, -0.25) is 24.2 Å². The molecule has 0 radical (unpaired) electrons. The number of nitrogens with two attached hydrogens (primary N) is 3. The van der Waals surface area contributed by atoms with Gasteiger partial charge in [0.15, 0.2) is 5.96 Å². The normalized spacial score (nSPS) is 13.7. The number of aliphatic carboxylic acids is 2. The first kappa shape index (κ1) is 33.1. The second kappa shape index (κ2) is 15.7. The highest BCUT2D eigenvalue weighted by Gasteiger charge is 2.32. The maximum absolute atomic E-state index is 13.7. The molecule has 17 heteroatoms. The molecule has 1 aromatic carbocycles. The highest BCUT2D eigenvalue weighted by atomic mass is 16.4. The van der Waals surface area contributed by atoms with E-state index >= 15 is 0 Å². The van der Waals surface area contributed by atoms with Crippen LogP contribution >= 0.6 is 0 Å². The monoisotopic (exact) mass is 612 g/mol. The molecule has 44 heavy (non-hydrogen) atoms. The SMILES string of the molecule is NC(N)=NCCCC(N)C(=O)NC(Cc1c[nH]c2ccccc12)C(=O)NC(Cc1cnc[nH]1)C(=O)NC(CC(=O)O)C(=O)O. The van der Waals surface area contributed by atoms with Crippen molar-refractivity contribution in [2.24, 2.45) is 22.2 Å². The van der Waals surface area contributed by atoms with Gasteiger partial charge in [0, 0.05) is 48.4 Å². The number of aromatic nitrogens is 3. The first-order chi connectivity index (χ1) is 20.9. The Balaban J connectivity index is 1.84. The molecule has 0 spiro atoms. The zero-order valence-electron chi connectivity index (χ0n) is 23.7. The Labute approximate surface area is 251 Å². The number of fused-ring (bicyclic) bond motifs is 1. The molecule has 236 valence electrons. The fraction of sp³-hybridized carbons (Fsp3) is 0.370. The minimum absolute atomic E-state index is 0.0114. The molecule has 4 atom stereocenters. The number of imidazole rings is 1. The summed E-state index contributed by atoms with van der Waals surface area (Å²) in [5.41, 5.74) is 18.6. The Hall–Kier alpha value is -5.45. The summed E-state index contributed by atoms with van der Waals surface area (Å²) in [6.07, 6.45) is 4.06. The maximum atomic E-state index is 13.7. The van der Waals surface area contributed by atoms with E-state index in [1.54, 1.807) is 6.20 Å². The van der Waals surface area contributed by atoms with Crippen molar-refractivity contribution in [2.75, 3.05) is 6.54 Å². The molecule has 3 amide bonds. The number of nitrogens with one attached hydrogen (secondary N) is 5. The molecule has 0 saturated carbocycles. The van der Waals surface area contributed by atoms with Crippen LogP contribution < -0.4 is 33.2 Å². The van der Waals surface area contributed by atoms with Gasteiger partial charge in [0.25, 0.3) is 0 Å². The minimum Gasteiger partial charge on any atom is -0.481 e. The summed E-state index contributed by atoms with van der Waals surface area (Å²) in [5, 5.41) is 26.7. The molecule has 13 N–H and O–H groups in total. The quantitative estimate of drug-likeness (QED) is 0.0455. The van der Waals surface area contributed by atoms with E-state index in [1.807, 2.05) is 24.3 Å². The molecule has 2 aromatic heterocycles. The van der Waals surface area contributed by atoms with Crippen LogP contribution in [0.15, 0.2) is 48.0 Å². The van der Waals surface area contributed by atoms with Gasteiger partial charge in [0.2, 0.25) is 17.7 Å². The molecule has 0 aliphatic heterocycles. The lowest BCUT2D eigenvalue weighted by Crippen LogP contribution is -2.58. The summed E-state index contributed by atoms with van der Waals surface area (Å²) in [7, 11) is 0. The second-order valence-corrected chi connectivity index (χ2v) is 10.0. The molecule has 0 saturated heterocycles. The molecular formula is C27H36N10O7. The van der Waals surface area contributed by atoms with Gasteiger partial charge in [0.1, 0.15) is 18.1 Å². The molecule has 0 aliphatic carbocycles. The number of amides is 3. The van der Waals surface area contributed by atoms with Gasteiger partial charge in [-0.1, -0.05) is 18.2 Å². The van der Waals surface area contributed by atoms with Crippen molar-refractivity contribution in [3.8, 4) is 0 Å². The van der Waals surface area contributed by atoms with Gasteiger partial charge in [-0.05, 0) is 24.5 Å². The second-order valence-electron chi connectivity index (χ2n) is 10.0. The minimum atomic E-state index is -1.75. The maximum Gasteiger partial charge on any atom is 0.326 e. The van der Waals surface area contributed by atoms with Crippen LogP contribution in [0.3, 0.4) is 0 Å². The molecule has 3 rings (SSSR count). The van der Waals surface area contributed by atoms with E-state index in [0.29, 0.717) is 17.7 Å². The van der Waals surface area contributed by atoms with E-state index in [0.717, 1.165) is 10.9 Å². The van der Waals surface area contributed by atoms with Crippen LogP contribution in [0.5, 0.6) is 0 Å². The first-order valence-corrected chi connectivity index (χ1v) is 13.6. The topological polar surface area (TPSA) is 297 Å². The summed E-state index contributed by atoms with van der Waals surface area (Å²) >= 11 is 0. The summed E-state index contributed by atoms with van der Waals surface area (Å²) in [6.45, 7) is 0.256. The Morgan fingerprint density at radius 1 is 0.909 bits per heavy atom. The van der Waals surface area contributed by atoms with Gasteiger partial charge in [0.05, 0.1) is 18.8 Å². The molecule has 0 aliphatic rings. The highest BCUT2D eigenvalue weighted by Crippen LogP contribution is 2.19. The van der Waals surface area contributed by atoms with Crippen molar-refractivity contribution in [3.05, 3.63) is 54.2 Å². The standard InChI is InChI=1S/C27H36N10O7/c28-17(5-3-7-32-27(29)30)23(40)35-19(8-14-11-33-18-6-2-1-4-16(14)18)24(41)36-20(9-15-12-31-13-34-15)25(42)37-21(26(43)44)10-22(38)39/h1-2,4,6,11-13,17,19-21,33H,3,5,7-10,28H2,(H,31,34)(H,35,40)(H,36,41)(H,37,42)(H,38,39)(H,43,44)(H4,29,30,32). The molecule has 0 fully saturated rings. The van der Waals surface area contributed by atoms with E-state index in [4.69, 9.17) is 22.3 Å². The van der Waals surface area contributed by atoms with Crippen LogP contribution in [0.25, 0.3) is 10.9 Å². The van der Waals surface area contributed by atoms with Gasteiger partial charge in [-0.2, -0.15) is 0 Å². The summed E-state index contributed by atoms with van der Waals surface area (Å²) < 4.78 is 0. The van der Waals surface area contributed by atoms with E-state index < -0.39 is 60.2 Å². The summed E-state index contributed by atoms with van der Waals surface area (Å²) in [5.74, 6) is -5.44. The predicted molar refractivity (Wildman–Crippen MR) is 158 cm³/mol. The zero-order chi connectivity index (χ0) is 32.2. The number of aliphatic imine (C=N–C) groups is 1. The van der Waals surface area contributed by atoms with Crippen LogP contribution in [0.2, 0.25) is 0 Å². The number of para-hydroxylation sites is 1. The van der Waals surface area contributed by atoms with E-state index in [9.17, 15) is 29.1 Å². The Kier molecular flexibility index (Phi) is 11.8. The number of nitrogens with zero attached hydrogens (tertiary/aromatic N) is 2. The molecule has 4 unspecified atom stereocenters. The molecule has 2 heterocycles. The molecule has 17 nitrogen and oxygen atoms in total. The van der Waals surface area contributed by atoms with Gasteiger partial charge >= 0.3 is 11.9 Å². The summed E-state index contributed by atoms with van der Waals surface area (Å²) in [4.78, 5) is 76.3. The predicted octanol–water partition coefficient (Wildman–Crippen LogP) is -1.93. The smallest absolute Gasteiger partial charge is 0.326 e. The van der Waals surface area contributed by atoms with Gasteiger partial charge in [-0.25, -0.2) is 9.78 Å². The van der Waals surface area contributed by atoms with Crippen molar-refractivity contribution < 1.29 is 34.2 Å². The van der Waals surface area contributed by atoms with E-state index in [2.05, 4.69) is 35.9 Å². The van der Waals surface area contributed by atoms with E-state index in [1.165, 1.54) is 12.5 Å². The third kappa shape index (κ3) is 9.83. The van der Waals surface area contributed by atoms with Crippen LogP contribution in [-0.4, -0.2) is 91.5 Å². The number of H-pyrrole nitrogens is 2. The number of rotatable bonds is 17. The number of benzene rings is 1. The average Bonchev–Trinajstić information content (AvgIpc) is 3.63. The fourth-order valence-electron chi connectivity index (χ4n) is 4.40. The van der Waals surface area contributed by atoms with Crippen LogP contribution in [0, 0.1) is 0 Å². The first-order valence-electron chi connectivity index (χ1n) is 13.6. The van der Waals surface area contributed by atoms with Crippen molar-refractivity contribution in [1.29, 1.82) is 0 Å². The van der Waals surface area contributed by atoms with Crippen molar-refractivity contribution >= 4 is 46.5 Å². The Bertz CT molecular complexity index is 1480. The third-order valence-corrected chi connectivity index (χ3v) is 6.64. The number of carboxylic acids is 2. The number of hydrogen-bond acceptors (Lipinski definition) is 8. The lowest BCUT2D eigenvalue weighted by Gasteiger charge is -2.25. The Morgan fingerprint density at radius 2 is 1.57 bits per heavy atom. The zero-order valence-corrected chi connectivity index (χ0v) is 23.7. The van der Waals surface area contributed by atoms with E-state index in [-0.39, 0.29) is 31.8 Å². The average molecular weight is 613 g/mol. The van der Waals surface area contributed by atoms with Crippen molar-refractivity contribution in [1.82, 2.24) is 30.9 Å². The summed E-state index contributed by atoms with van der Waals surface area (Å²) in [6, 6.07) is 2.02. The number of aromatic amines is 2. The number of guanidine groups is 1. The van der Waals surface area contributed by atoms with Crippen LogP contribution in [0.4, 0.5) is 0 Å². The molecule has 3 aromatic rings. The van der Waals surface area contributed by atoms with Gasteiger partial charge < -0.3 is 53.3 Å². The largest absolute Gasteiger partial charge is 0.481 e. The molecular weight excluding hydrogens is 576 g/mol. The number of hydrogen-bond donors (Lipinski definition) is 10. The number of carbonyl (C=O) groups excluding carboxylic acids is 3. The number of carboxylic acid groups (broad SMARTS) is 2. The van der Waals surface area contributed by atoms with Gasteiger partial charge in [-0.15, -0.1) is 0 Å². The lowest BCUT2D eigenvalue weighted by atomic mass is 10.0. The number of carbonyl (C=O) groups is 5. The molecule has 0 bridgehead atoms.